The summed E-state index contributed by atoms with van der Waals surface area (Å²) >= 11 is 6.38. The highest BCUT2D eigenvalue weighted by molar-refractivity contribution is 6.35. The van der Waals surface area contributed by atoms with Gasteiger partial charge in [-0.25, -0.2) is 14.8 Å². The van der Waals surface area contributed by atoms with Crippen molar-refractivity contribution >= 4 is 23.4 Å². The molecule has 5 nitrogen and oxygen atoms in total. The lowest BCUT2D eigenvalue weighted by Gasteiger charge is -2.12. The predicted octanol–water partition coefficient (Wildman–Crippen LogP) is 5.07. The minimum Gasteiger partial charge on any atom is -0.464 e. The van der Waals surface area contributed by atoms with Gasteiger partial charge in [-0.3, -0.25) is 0 Å². The third kappa shape index (κ3) is 3.99. The van der Waals surface area contributed by atoms with Crippen LogP contribution in [0.1, 0.15) is 40.6 Å². The molecule has 0 atom stereocenters. The molecule has 28 heavy (non-hydrogen) atoms. The van der Waals surface area contributed by atoms with Crippen LogP contribution in [0.25, 0.3) is 11.1 Å². The summed E-state index contributed by atoms with van der Waals surface area (Å²) in [5, 5.41) is 3.45. The van der Waals surface area contributed by atoms with Crippen molar-refractivity contribution in [2.75, 3.05) is 12.4 Å². The zero-order valence-electron chi connectivity index (χ0n) is 15.5. The first-order valence-electron chi connectivity index (χ1n) is 9.19. The second-order valence-corrected chi connectivity index (χ2v) is 7.16. The summed E-state index contributed by atoms with van der Waals surface area (Å²) in [6, 6.07) is 18.5. The Morgan fingerprint density at radius 1 is 1.11 bits per heavy atom. The van der Waals surface area contributed by atoms with Gasteiger partial charge in [-0.1, -0.05) is 60.1 Å². The molecule has 6 heteroatoms. The van der Waals surface area contributed by atoms with Crippen LogP contribution < -0.4 is 5.32 Å². The second kappa shape index (κ2) is 7.98. The highest BCUT2D eigenvalue weighted by Crippen LogP contribution is 2.39. The molecular formula is C22H20ClN3O2. The Labute approximate surface area is 168 Å². The maximum atomic E-state index is 12.0. The van der Waals surface area contributed by atoms with Gasteiger partial charge in [0.2, 0.25) is 0 Å². The van der Waals surface area contributed by atoms with Gasteiger partial charge in [0.25, 0.3) is 0 Å². The normalized spacial score (nSPS) is 13.2. The first-order chi connectivity index (χ1) is 13.7. The SMILES string of the molecule is COC(=O)c1nc(C2CC2)nc(NCc2cccc(-c3ccccc3)c2)c1Cl. The standard InChI is InChI=1S/C22H20ClN3O2/c1-28-22(27)19-18(23)21(26-20(25-19)16-10-11-16)24-13-14-6-5-9-17(12-14)15-7-3-2-4-8-15/h2-9,12,16H,10-11,13H2,1H3,(H,24,25,26). The largest absolute Gasteiger partial charge is 0.464 e. The molecule has 1 N–H and O–H groups in total. The molecule has 3 aromatic rings. The summed E-state index contributed by atoms with van der Waals surface area (Å²) in [6.07, 6.45) is 2.06. The topological polar surface area (TPSA) is 64.1 Å². The van der Waals surface area contributed by atoms with Gasteiger partial charge in [-0.05, 0) is 35.6 Å². The van der Waals surface area contributed by atoms with Gasteiger partial charge in [0.1, 0.15) is 16.7 Å². The summed E-state index contributed by atoms with van der Waals surface area (Å²) < 4.78 is 4.81. The van der Waals surface area contributed by atoms with Crippen LogP contribution in [0.15, 0.2) is 54.6 Å². The smallest absolute Gasteiger partial charge is 0.358 e. The van der Waals surface area contributed by atoms with E-state index in [-0.39, 0.29) is 10.7 Å². The third-order valence-electron chi connectivity index (χ3n) is 4.68. The molecule has 4 rings (SSSR count). The summed E-state index contributed by atoms with van der Waals surface area (Å²) in [5.74, 6) is 0.848. The number of aromatic nitrogens is 2. The van der Waals surface area contributed by atoms with Crippen LogP contribution in [0, 0.1) is 0 Å². The van der Waals surface area contributed by atoms with Gasteiger partial charge < -0.3 is 10.1 Å². The summed E-state index contributed by atoms with van der Waals surface area (Å²) in [6.45, 7) is 0.530. The first-order valence-corrected chi connectivity index (χ1v) is 9.57. The van der Waals surface area contributed by atoms with Gasteiger partial charge >= 0.3 is 5.97 Å². The quantitative estimate of drug-likeness (QED) is 0.592. The van der Waals surface area contributed by atoms with E-state index in [0.29, 0.717) is 24.1 Å². The molecule has 1 aliphatic carbocycles. The van der Waals surface area contributed by atoms with Crippen molar-refractivity contribution in [2.45, 2.75) is 25.3 Å². The average molecular weight is 394 g/mol. The van der Waals surface area contributed by atoms with E-state index < -0.39 is 5.97 Å². The summed E-state index contributed by atoms with van der Waals surface area (Å²) in [7, 11) is 1.32. The minimum atomic E-state index is -0.552. The molecule has 0 spiro atoms. The first kappa shape index (κ1) is 18.4. The number of esters is 1. The number of nitrogens with zero attached hydrogens (tertiary/aromatic N) is 2. The van der Waals surface area contributed by atoms with Gasteiger partial charge in [0, 0.05) is 12.5 Å². The second-order valence-electron chi connectivity index (χ2n) is 6.78. The molecule has 0 amide bonds. The van der Waals surface area contributed by atoms with Crippen LogP contribution in [0.3, 0.4) is 0 Å². The number of hydrogen-bond donors (Lipinski definition) is 1. The van der Waals surface area contributed by atoms with Crippen molar-refractivity contribution in [1.29, 1.82) is 0 Å². The van der Waals surface area contributed by atoms with Gasteiger partial charge in [-0.2, -0.15) is 0 Å². The maximum Gasteiger partial charge on any atom is 0.358 e. The average Bonchev–Trinajstić information content (AvgIpc) is 3.59. The number of halogens is 1. The third-order valence-corrected chi connectivity index (χ3v) is 5.04. The lowest BCUT2D eigenvalue weighted by molar-refractivity contribution is 0.0593. The van der Waals surface area contributed by atoms with Crippen molar-refractivity contribution in [3.8, 4) is 11.1 Å². The van der Waals surface area contributed by atoms with E-state index in [1.807, 2.05) is 30.3 Å². The van der Waals surface area contributed by atoms with E-state index >= 15 is 0 Å². The van der Waals surface area contributed by atoms with Crippen LogP contribution in [-0.4, -0.2) is 23.0 Å². The fourth-order valence-corrected chi connectivity index (χ4v) is 3.24. The summed E-state index contributed by atoms with van der Waals surface area (Å²) in [4.78, 5) is 20.9. The maximum absolute atomic E-state index is 12.0. The van der Waals surface area contributed by atoms with Crippen molar-refractivity contribution in [3.63, 3.8) is 0 Å². The van der Waals surface area contributed by atoms with Crippen LogP contribution in [0.5, 0.6) is 0 Å². The molecule has 0 bridgehead atoms. The van der Waals surface area contributed by atoms with E-state index in [9.17, 15) is 4.79 Å². The molecule has 0 radical (unpaired) electrons. The Morgan fingerprint density at radius 2 is 1.86 bits per heavy atom. The molecule has 0 unspecified atom stereocenters. The monoisotopic (exact) mass is 393 g/mol. The van der Waals surface area contributed by atoms with Gasteiger partial charge in [-0.15, -0.1) is 0 Å². The Morgan fingerprint density at radius 3 is 2.57 bits per heavy atom. The fraction of sp³-hybridized carbons (Fsp3) is 0.227. The van der Waals surface area contributed by atoms with Crippen molar-refractivity contribution in [2.24, 2.45) is 0 Å². The number of carbonyl (C=O) groups is 1. The number of benzene rings is 2. The minimum absolute atomic E-state index is 0.113. The predicted molar refractivity (Wildman–Crippen MR) is 110 cm³/mol. The number of methoxy groups -OCH3 is 1. The zero-order valence-corrected chi connectivity index (χ0v) is 16.2. The highest BCUT2D eigenvalue weighted by atomic mass is 35.5. The molecular weight excluding hydrogens is 374 g/mol. The fourth-order valence-electron chi connectivity index (χ4n) is 3.01. The molecule has 1 aromatic heterocycles. The Hall–Kier alpha value is -2.92. The lowest BCUT2D eigenvalue weighted by atomic mass is 10.0. The number of carbonyl (C=O) groups excluding carboxylic acids is 1. The van der Waals surface area contributed by atoms with Crippen molar-refractivity contribution < 1.29 is 9.53 Å². The van der Waals surface area contributed by atoms with E-state index in [2.05, 4.69) is 39.6 Å². The number of ether oxygens (including phenoxy) is 1. The molecule has 1 heterocycles. The Balaban J connectivity index is 1.58. The molecule has 0 aliphatic heterocycles. The van der Waals surface area contributed by atoms with Crippen LogP contribution in [0.4, 0.5) is 5.82 Å². The van der Waals surface area contributed by atoms with Crippen molar-refractivity contribution in [1.82, 2.24) is 9.97 Å². The number of hydrogen-bond acceptors (Lipinski definition) is 5. The van der Waals surface area contributed by atoms with Crippen LogP contribution >= 0.6 is 11.6 Å². The van der Waals surface area contributed by atoms with E-state index in [1.54, 1.807) is 0 Å². The van der Waals surface area contributed by atoms with Crippen LogP contribution in [0.2, 0.25) is 5.02 Å². The van der Waals surface area contributed by atoms with E-state index in [0.717, 1.165) is 29.5 Å². The summed E-state index contributed by atoms with van der Waals surface area (Å²) in [5.41, 5.74) is 3.50. The van der Waals surface area contributed by atoms with Crippen molar-refractivity contribution in [3.05, 3.63) is 76.7 Å². The highest BCUT2D eigenvalue weighted by Gasteiger charge is 2.30. The molecule has 1 saturated carbocycles. The molecule has 0 saturated heterocycles. The van der Waals surface area contributed by atoms with Gasteiger partial charge in [0.05, 0.1) is 7.11 Å². The molecule has 142 valence electrons. The van der Waals surface area contributed by atoms with E-state index in [4.69, 9.17) is 16.3 Å². The lowest BCUT2D eigenvalue weighted by Crippen LogP contribution is -2.12. The Bertz CT molecular complexity index is 1000. The molecule has 1 aliphatic rings. The number of anilines is 1. The number of rotatable bonds is 6. The molecule has 2 aromatic carbocycles. The van der Waals surface area contributed by atoms with Gasteiger partial charge in [0.15, 0.2) is 5.69 Å². The number of nitrogens with one attached hydrogen (secondary N) is 1. The zero-order chi connectivity index (χ0) is 19.5. The van der Waals surface area contributed by atoms with E-state index in [1.165, 1.54) is 7.11 Å². The molecule has 1 fully saturated rings. The Kier molecular flexibility index (Phi) is 5.26. The van der Waals surface area contributed by atoms with Crippen LogP contribution in [-0.2, 0) is 11.3 Å².